The minimum atomic E-state index is -3.59. The number of halogens is 1. The number of sulfonamides is 1. The van der Waals surface area contributed by atoms with Gasteiger partial charge in [0.05, 0.1) is 0 Å². The predicted molar refractivity (Wildman–Crippen MR) is 83.4 cm³/mol. The van der Waals surface area contributed by atoms with Crippen LogP contribution in [-0.4, -0.2) is 26.0 Å². The van der Waals surface area contributed by atoms with Crippen LogP contribution in [0.4, 0.5) is 0 Å². The Balaban J connectivity index is 2.60. The summed E-state index contributed by atoms with van der Waals surface area (Å²) in [6, 6.07) is 6.74. The van der Waals surface area contributed by atoms with Gasteiger partial charge in [0.1, 0.15) is 0 Å². The van der Waals surface area contributed by atoms with Crippen molar-refractivity contribution in [1.29, 1.82) is 0 Å². The molecule has 0 aromatic heterocycles. The molecule has 116 valence electrons. The fourth-order valence-electron chi connectivity index (χ4n) is 1.63. The maximum Gasteiger partial charge on any atom is 0.303 e. The van der Waals surface area contributed by atoms with Gasteiger partial charge in [-0.3, -0.25) is 4.79 Å². The van der Waals surface area contributed by atoms with Crippen LogP contribution in [0.5, 0.6) is 0 Å². The molecule has 0 aliphatic rings. The summed E-state index contributed by atoms with van der Waals surface area (Å²) in [7, 11) is -3.59. The van der Waals surface area contributed by atoms with E-state index in [2.05, 4.69) is 4.72 Å². The van der Waals surface area contributed by atoms with Gasteiger partial charge in [-0.15, -0.1) is 0 Å². The number of aliphatic carboxylic acids is 1. The number of carbonyl (C=O) groups is 1. The molecule has 0 saturated heterocycles. The molecule has 1 aromatic rings. The van der Waals surface area contributed by atoms with E-state index >= 15 is 0 Å². The lowest BCUT2D eigenvalue weighted by Crippen LogP contribution is -2.28. The largest absolute Gasteiger partial charge is 0.481 e. The molecule has 0 heterocycles. The number of carboxylic acid groups (broad SMARTS) is 1. The average Bonchev–Trinajstić information content (AvgIpc) is 2.42. The Bertz CT molecular complexity index is 596. The Kier molecular flexibility index (Phi) is 6.87. The van der Waals surface area contributed by atoms with Gasteiger partial charge in [0.2, 0.25) is 10.0 Å². The van der Waals surface area contributed by atoms with Crippen molar-refractivity contribution in [3.63, 3.8) is 0 Å². The minimum absolute atomic E-state index is 0.0556. The van der Waals surface area contributed by atoms with Crippen molar-refractivity contribution < 1.29 is 18.3 Å². The van der Waals surface area contributed by atoms with E-state index in [9.17, 15) is 13.2 Å². The molecule has 1 aromatic carbocycles. The maximum atomic E-state index is 11.8. The van der Waals surface area contributed by atoms with Gasteiger partial charge in [-0.1, -0.05) is 37.1 Å². The zero-order valence-corrected chi connectivity index (χ0v) is 13.2. The van der Waals surface area contributed by atoms with Crippen molar-refractivity contribution in [2.24, 2.45) is 5.92 Å². The summed E-state index contributed by atoms with van der Waals surface area (Å²) in [5, 5.41) is 10.4. The molecule has 2 N–H and O–H groups in total. The fourth-order valence-corrected chi connectivity index (χ4v) is 2.66. The minimum Gasteiger partial charge on any atom is -0.481 e. The molecule has 0 spiro atoms. The summed E-state index contributed by atoms with van der Waals surface area (Å²) in [6.07, 6.45) is 1.99. The summed E-state index contributed by atoms with van der Waals surface area (Å²) >= 11 is 5.74. The molecule has 0 saturated carbocycles. The lowest BCUT2D eigenvalue weighted by molar-refractivity contribution is -0.138. The number of hydrogen-bond donors (Lipinski definition) is 2. The van der Waals surface area contributed by atoms with Crippen LogP contribution in [0.3, 0.4) is 0 Å². The second-order valence-corrected chi connectivity index (χ2v) is 6.71. The van der Waals surface area contributed by atoms with E-state index in [4.69, 9.17) is 16.7 Å². The van der Waals surface area contributed by atoms with Gasteiger partial charge in [-0.25, -0.2) is 13.1 Å². The molecule has 7 heteroatoms. The molecular weight excluding hydrogens is 314 g/mol. The summed E-state index contributed by atoms with van der Waals surface area (Å²) in [4.78, 5) is 10.6. The molecule has 1 rings (SSSR count). The highest BCUT2D eigenvalue weighted by Crippen LogP contribution is 2.11. The lowest BCUT2D eigenvalue weighted by atomic mass is 10.0. The summed E-state index contributed by atoms with van der Waals surface area (Å²) < 4.78 is 26.0. The Morgan fingerprint density at radius 1 is 1.38 bits per heavy atom. The Labute approximate surface area is 129 Å². The first-order valence-corrected chi connectivity index (χ1v) is 8.40. The van der Waals surface area contributed by atoms with Gasteiger partial charge in [-0.05, 0) is 29.7 Å². The van der Waals surface area contributed by atoms with Gasteiger partial charge in [0, 0.05) is 23.4 Å². The number of rotatable bonds is 8. The molecule has 5 nitrogen and oxygen atoms in total. The second-order valence-electron chi connectivity index (χ2n) is 4.62. The predicted octanol–water partition coefficient (Wildman–Crippen LogP) is 2.73. The summed E-state index contributed by atoms with van der Waals surface area (Å²) in [5.74, 6) is -1.15. The quantitative estimate of drug-likeness (QED) is 0.767. The third kappa shape index (κ3) is 7.27. The summed E-state index contributed by atoms with van der Waals surface area (Å²) in [6.45, 7) is 1.93. The molecule has 0 aliphatic carbocycles. The van der Waals surface area contributed by atoms with E-state index in [0.29, 0.717) is 17.0 Å². The monoisotopic (exact) mass is 331 g/mol. The summed E-state index contributed by atoms with van der Waals surface area (Å²) in [5.41, 5.74) is 0.711. The van der Waals surface area contributed by atoms with Crippen molar-refractivity contribution in [2.75, 3.05) is 6.54 Å². The Morgan fingerprint density at radius 3 is 2.52 bits per heavy atom. The van der Waals surface area contributed by atoms with Gasteiger partial charge in [0.25, 0.3) is 0 Å². The van der Waals surface area contributed by atoms with Crippen LogP contribution < -0.4 is 4.72 Å². The van der Waals surface area contributed by atoms with Crippen molar-refractivity contribution in [2.45, 2.75) is 19.8 Å². The molecule has 0 aliphatic heterocycles. The third-order valence-electron chi connectivity index (χ3n) is 2.92. The molecule has 1 unspecified atom stereocenters. The van der Waals surface area contributed by atoms with Crippen LogP contribution in [0, 0.1) is 5.92 Å². The number of carboxylic acids is 1. The fraction of sp³-hybridized carbons (Fsp3) is 0.357. The zero-order valence-electron chi connectivity index (χ0n) is 11.6. The van der Waals surface area contributed by atoms with Crippen LogP contribution in [-0.2, 0) is 14.8 Å². The van der Waals surface area contributed by atoms with E-state index < -0.39 is 16.0 Å². The van der Waals surface area contributed by atoms with E-state index in [0.717, 1.165) is 5.41 Å². The maximum absolute atomic E-state index is 11.8. The molecule has 0 amide bonds. The van der Waals surface area contributed by atoms with Crippen LogP contribution >= 0.6 is 11.6 Å². The molecule has 0 fully saturated rings. The highest BCUT2D eigenvalue weighted by molar-refractivity contribution is 7.92. The van der Waals surface area contributed by atoms with E-state index in [1.165, 1.54) is 6.08 Å². The van der Waals surface area contributed by atoms with Crippen LogP contribution in [0.25, 0.3) is 6.08 Å². The highest BCUT2D eigenvalue weighted by Gasteiger charge is 2.14. The van der Waals surface area contributed by atoms with E-state index in [-0.39, 0.29) is 18.9 Å². The van der Waals surface area contributed by atoms with E-state index in [1.54, 1.807) is 24.3 Å². The van der Waals surface area contributed by atoms with Crippen molar-refractivity contribution in [3.8, 4) is 0 Å². The van der Waals surface area contributed by atoms with Crippen LogP contribution in [0.1, 0.15) is 25.3 Å². The molecule has 0 radical (unpaired) electrons. The lowest BCUT2D eigenvalue weighted by Gasteiger charge is -2.12. The highest BCUT2D eigenvalue weighted by atomic mass is 35.5. The van der Waals surface area contributed by atoms with Crippen molar-refractivity contribution in [1.82, 2.24) is 4.72 Å². The van der Waals surface area contributed by atoms with Crippen molar-refractivity contribution in [3.05, 3.63) is 40.3 Å². The first kappa shape index (κ1) is 17.7. The first-order chi connectivity index (χ1) is 9.82. The SMILES string of the molecule is CCC(CNS(=O)(=O)/C=C/c1ccc(Cl)cc1)CC(=O)O. The first-order valence-electron chi connectivity index (χ1n) is 6.47. The van der Waals surface area contributed by atoms with Crippen LogP contribution in [0.15, 0.2) is 29.7 Å². The topological polar surface area (TPSA) is 83.5 Å². The molecular formula is C14H18ClNO4S. The molecule has 1 atom stereocenters. The number of hydrogen-bond acceptors (Lipinski definition) is 3. The van der Waals surface area contributed by atoms with Gasteiger partial charge < -0.3 is 5.11 Å². The van der Waals surface area contributed by atoms with Gasteiger partial charge >= 0.3 is 5.97 Å². The second kappa shape index (κ2) is 8.17. The van der Waals surface area contributed by atoms with Gasteiger partial charge in [-0.2, -0.15) is 0 Å². The molecule has 0 bridgehead atoms. The van der Waals surface area contributed by atoms with Gasteiger partial charge in [0.15, 0.2) is 0 Å². The van der Waals surface area contributed by atoms with E-state index in [1.807, 2.05) is 6.92 Å². The third-order valence-corrected chi connectivity index (χ3v) is 4.24. The standard InChI is InChI=1S/C14H18ClNO4S/c1-2-11(9-14(17)18)10-16-21(19,20)8-7-12-3-5-13(15)6-4-12/h3-8,11,16H,2,9-10H2,1H3,(H,17,18)/b8-7+. The molecule has 21 heavy (non-hydrogen) atoms. The smallest absolute Gasteiger partial charge is 0.303 e. The number of benzene rings is 1. The normalized spacial score (nSPS) is 13.4. The number of nitrogens with one attached hydrogen (secondary N) is 1. The van der Waals surface area contributed by atoms with Crippen molar-refractivity contribution >= 4 is 33.7 Å². The zero-order chi connectivity index (χ0) is 15.9. The average molecular weight is 332 g/mol. The Morgan fingerprint density at radius 2 is 2.00 bits per heavy atom. The Hall–Kier alpha value is -1.37. The van der Waals surface area contributed by atoms with Crippen LogP contribution in [0.2, 0.25) is 5.02 Å².